The summed E-state index contributed by atoms with van der Waals surface area (Å²) in [6.45, 7) is 5.13. The van der Waals surface area contributed by atoms with Crippen molar-refractivity contribution in [2.24, 2.45) is 7.05 Å². The number of carbonyl (C=O) groups is 1. The molecule has 0 unspecified atom stereocenters. The zero-order valence-corrected chi connectivity index (χ0v) is 14.2. The topological polar surface area (TPSA) is 102 Å². The lowest BCUT2D eigenvalue weighted by Gasteiger charge is -2.22. The van der Waals surface area contributed by atoms with Crippen LogP contribution in [0, 0.1) is 6.92 Å². The lowest BCUT2D eigenvalue weighted by molar-refractivity contribution is 0.228. The average molecular weight is 370 g/mol. The van der Waals surface area contributed by atoms with Crippen LogP contribution in [0.15, 0.2) is 26.1 Å². The summed E-state index contributed by atoms with van der Waals surface area (Å²) in [5, 5.41) is 8.91. The van der Waals surface area contributed by atoms with Crippen LogP contribution in [0.3, 0.4) is 0 Å². The van der Waals surface area contributed by atoms with Gasteiger partial charge in [-0.2, -0.15) is 4.98 Å². The van der Waals surface area contributed by atoms with Gasteiger partial charge in [-0.15, -0.1) is 0 Å². The molecule has 0 spiro atoms. The fraction of sp³-hybridized carbons (Fsp3) is 0.385. The van der Waals surface area contributed by atoms with Crippen LogP contribution in [-0.2, 0) is 12.6 Å². The normalized spacial score (nSPS) is 11.3. The number of urea groups is 1. The zero-order valence-electron chi connectivity index (χ0n) is 12.6. The van der Waals surface area contributed by atoms with Crippen LogP contribution in [0.1, 0.15) is 25.6 Å². The van der Waals surface area contributed by atoms with Gasteiger partial charge < -0.3 is 19.7 Å². The smallest absolute Gasteiger partial charge is 0.320 e. The summed E-state index contributed by atoms with van der Waals surface area (Å²) in [7, 11) is 1.60. The molecule has 2 aromatic heterocycles. The summed E-state index contributed by atoms with van der Waals surface area (Å²) < 4.78 is 7.11. The monoisotopic (exact) mass is 369 g/mol. The van der Waals surface area contributed by atoms with Crippen molar-refractivity contribution in [2.75, 3.05) is 5.32 Å². The van der Waals surface area contributed by atoms with Crippen LogP contribution in [0.25, 0.3) is 0 Å². The summed E-state index contributed by atoms with van der Waals surface area (Å²) in [6, 6.07) is 0.988. The number of anilines is 1. The summed E-state index contributed by atoms with van der Waals surface area (Å²) >= 11 is 3.27. The molecule has 0 saturated heterocycles. The van der Waals surface area contributed by atoms with E-state index in [0.29, 0.717) is 10.3 Å². The fourth-order valence-corrected chi connectivity index (χ4v) is 2.34. The van der Waals surface area contributed by atoms with Crippen LogP contribution in [0.4, 0.5) is 10.5 Å². The van der Waals surface area contributed by atoms with Gasteiger partial charge in [-0.05, 0) is 42.8 Å². The molecule has 2 heterocycles. The highest BCUT2D eigenvalue weighted by atomic mass is 79.9. The van der Waals surface area contributed by atoms with Gasteiger partial charge in [0.2, 0.25) is 0 Å². The van der Waals surface area contributed by atoms with E-state index in [4.69, 9.17) is 4.52 Å². The first-order chi connectivity index (χ1) is 10.2. The van der Waals surface area contributed by atoms with E-state index in [9.17, 15) is 9.59 Å². The number of carbonyl (C=O) groups excluding carboxylic acids is 1. The Balaban J connectivity index is 2.15. The lowest BCUT2D eigenvalue weighted by Crippen LogP contribution is -2.44. The van der Waals surface area contributed by atoms with Crippen molar-refractivity contribution in [3.8, 4) is 0 Å². The van der Waals surface area contributed by atoms with Gasteiger partial charge in [-0.25, -0.2) is 4.79 Å². The van der Waals surface area contributed by atoms with E-state index >= 15 is 0 Å². The number of amides is 2. The van der Waals surface area contributed by atoms with E-state index in [2.05, 4.69) is 36.7 Å². The van der Waals surface area contributed by atoms with Gasteiger partial charge >= 0.3 is 6.03 Å². The van der Waals surface area contributed by atoms with Gasteiger partial charge in [-0.3, -0.25) is 4.79 Å². The second kappa shape index (κ2) is 5.91. The number of pyridine rings is 1. The number of halogens is 1. The first-order valence-corrected chi connectivity index (χ1v) is 7.24. The van der Waals surface area contributed by atoms with Crippen molar-refractivity contribution in [1.29, 1.82) is 0 Å². The minimum absolute atomic E-state index is 0.159. The maximum Gasteiger partial charge on any atom is 0.320 e. The molecule has 9 heteroatoms. The number of nitrogens with one attached hydrogen (secondary N) is 2. The Morgan fingerprint density at radius 2 is 2.14 bits per heavy atom. The molecule has 0 radical (unpaired) electrons. The molecule has 2 aromatic rings. The van der Waals surface area contributed by atoms with Crippen molar-refractivity contribution >= 4 is 27.6 Å². The van der Waals surface area contributed by atoms with Crippen LogP contribution in [0.2, 0.25) is 0 Å². The molecule has 0 atom stereocenters. The summed E-state index contributed by atoms with van der Waals surface area (Å²) in [4.78, 5) is 28.2. The number of nitrogens with zero attached hydrogens (tertiary/aromatic N) is 3. The molecule has 22 heavy (non-hydrogen) atoms. The molecular formula is C13H16BrN5O3. The van der Waals surface area contributed by atoms with Crippen molar-refractivity contribution in [1.82, 2.24) is 20.0 Å². The highest BCUT2D eigenvalue weighted by Gasteiger charge is 2.29. The number of aromatic nitrogens is 3. The lowest BCUT2D eigenvalue weighted by atomic mass is 10.1. The molecule has 0 saturated carbocycles. The molecule has 2 amide bonds. The van der Waals surface area contributed by atoms with Crippen LogP contribution in [0.5, 0.6) is 0 Å². The SMILES string of the molecule is Cc1noc(C(C)(C)NC(=O)Nc2cc(Br)cn(C)c2=O)n1. The van der Waals surface area contributed by atoms with E-state index in [1.807, 2.05) is 0 Å². The Bertz CT molecular complexity index is 765. The third kappa shape index (κ3) is 3.53. The van der Waals surface area contributed by atoms with Crippen LogP contribution >= 0.6 is 15.9 Å². The highest BCUT2D eigenvalue weighted by molar-refractivity contribution is 9.10. The van der Waals surface area contributed by atoms with E-state index in [1.54, 1.807) is 34.0 Å². The Hall–Kier alpha value is -2.16. The molecule has 2 rings (SSSR count). The molecule has 0 aliphatic carbocycles. The number of aryl methyl sites for hydroxylation is 2. The predicted octanol–water partition coefficient (Wildman–Crippen LogP) is 1.90. The van der Waals surface area contributed by atoms with E-state index in [0.717, 1.165) is 0 Å². The Morgan fingerprint density at radius 1 is 1.45 bits per heavy atom. The third-order valence-electron chi connectivity index (χ3n) is 2.89. The minimum Gasteiger partial charge on any atom is -0.337 e. The molecule has 0 aliphatic rings. The van der Waals surface area contributed by atoms with Gasteiger partial charge in [0.05, 0.1) is 0 Å². The zero-order chi connectivity index (χ0) is 16.5. The van der Waals surface area contributed by atoms with Crippen LogP contribution < -0.4 is 16.2 Å². The standard InChI is InChI=1S/C13H16BrN5O3/c1-7-15-11(22-18-7)13(2,3)17-12(21)16-9-5-8(14)6-19(4)10(9)20/h5-6H,1-4H3,(H2,16,17,21). The van der Waals surface area contributed by atoms with Gasteiger partial charge in [0.25, 0.3) is 11.4 Å². The molecule has 0 aromatic carbocycles. The van der Waals surface area contributed by atoms with Crippen LogP contribution in [-0.4, -0.2) is 20.7 Å². The predicted molar refractivity (Wildman–Crippen MR) is 83.6 cm³/mol. The van der Waals surface area contributed by atoms with Gasteiger partial charge in [-0.1, -0.05) is 5.16 Å². The fourth-order valence-electron chi connectivity index (χ4n) is 1.80. The maximum atomic E-state index is 12.1. The van der Waals surface area contributed by atoms with E-state index < -0.39 is 11.6 Å². The summed E-state index contributed by atoms with van der Waals surface area (Å²) in [5.41, 5.74) is -1.03. The first-order valence-electron chi connectivity index (χ1n) is 6.45. The highest BCUT2D eigenvalue weighted by Crippen LogP contribution is 2.18. The summed E-state index contributed by atoms with van der Waals surface area (Å²) in [6.07, 6.45) is 1.61. The van der Waals surface area contributed by atoms with Crippen molar-refractivity contribution in [3.05, 3.63) is 38.8 Å². The maximum absolute atomic E-state index is 12.1. The first kappa shape index (κ1) is 16.2. The molecule has 0 fully saturated rings. The Labute approximate surface area is 135 Å². The molecule has 2 N–H and O–H groups in total. The number of hydrogen-bond acceptors (Lipinski definition) is 5. The molecule has 118 valence electrons. The molecule has 0 bridgehead atoms. The van der Waals surface area contributed by atoms with Crippen molar-refractivity contribution in [3.63, 3.8) is 0 Å². The van der Waals surface area contributed by atoms with Crippen molar-refractivity contribution < 1.29 is 9.32 Å². The molecule has 8 nitrogen and oxygen atoms in total. The Kier molecular flexibility index (Phi) is 4.36. The van der Waals surface area contributed by atoms with E-state index in [-0.39, 0.29) is 17.1 Å². The third-order valence-corrected chi connectivity index (χ3v) is 3.32. The minimum atomic E-state index is -0.872. The second-order valence-electron chi connectivity index (χ2n) is 5.34. The van der Waals surface area contributed by atoms with Gasteiger partial charge in [0, 0.05) is 17.7 Å². The van der Waals surface area contributed by atoms with Crippen molar-refractivity contribution in [2.45, 2.75) is 26.3 Å². The Morgan fingerprint density at radius 3 is 2.73 bits per heavy atom. The summed E-state index contributed by atoms with van der Waals surface area (Å²) in [5.74, 6) is 0.758. The molecule has 0 aliphatic heterocycles. The van der Waals surface area contributed by atoms with Gasteiger partial charge in [0.15, 0.2) is 5.82 Å². The molecular weight excluding hydrogens is 354 g/mol. The average Bonchev–Trinajstić information content (AvgIpc) is 2.82. The van der Waals surface area contributed by atoms with E-state index in [1.165, 1.54) is 10.6 Å². The second-order valence-corrected chi connectivity index (χ2v) is 6.25. The van der Waals surface area contributed by atoms with Gasteiger partial charge in [0.1, 0.15) is 11.2 Å². The number of rotatable bonds is 3. The number of hydrogen-bond donors (Lipinski definition) is 2. The largest absolute Gasteiger partial charge is 0.337 e. The quantitative estimate of drug-likeness (QED) is 0.859.